The van der Waals surface area contributed by atoms with Crippen molar-refractivity contribution < 1.29 is 14.7 Å². The number of benzene rings is 1. The Morgan fingerprint density at radius 3 is 2.65 bits per heavy atom. The first-order valence-corrected chi connectivity index (χ1v) is 11.9. The van der Waals surface area contributed by atoms with Crippen LogP contribution in [0.25, 0.3) is 0 Å². The molecule has 1 heterocycles. The molecule has 172 valence electrons. The van der Waals surface area contributed by atoms with Gasteiger partial charge in [0, 0.05) is 32.7 Å². The van der Waals surface area contributed by atoms with Gasteiger partial charge in [-0.15, -0.1) is 0 Å². The quantitative estimate of drug-likeness (QED) is 0.653. The standard InChI is InChI=1S/C25H39N3O3/c1-19-18-27(13-12-25(19,2)20-8-7-11-22(29)16-20)14-15-28(21-9-5-4-6-10-21)24(31)17-23(30)26-3/h7-8,11,16,19,21,29H,4-6,9-10,12-15,17-18H2,1-3H3,(H,26,30)/t19-,25-/m0/s1. The summed E-state index contributed by atoms with van der Waals surface area (Å²) in [5.41, 5.74) is 1.23. The highest BCUT2D eigenvalue weighted by molar-refractivity contribution is 5.96. The maximum Gasteiger partial charge on any atom is 0.232 e. The molecular weight excluding hydrogens is 390 g/mol. The van der Waals surface area contributed by atoms with Crippen molar-refractivity contribution in [2.45, 2.75) is 70.3 Å². The number of rotatable bonds is 7. The maximum absolute atomic E-state index is 12.9. The van der Waals surface area contributed by atoms with E-state index in [0.717, 1.165) is 51.7 Å². The molecule has 0 spiro atoms. The van der Waals surface area contributed by atoms with Crippen LogP contribution < -0.4 is 5.32 Å². The van der Waals surface area contributed by atoms with Gasteiger partial charge in [0.15, 0.2) is 0 Å². The van der Waals surface area contributed by atoms with Crippen LogP contribution in [-0.4, -0.2) is 66.0 Å². The van der Waals surface area contributed by atoms with E-state index in [1.165, 1.54) is 12.0 Å². The summed E-state index contributed by atoms with van der Waals surface area (Å²) in [5.74, 6) is 0.513. The molecule has 6 nitrogen and oxygen atoms in total. The van der Waals surface area contributed by atoms with Gasteiger partial charge < -0.3 is 20.2 Å². The van der Waals surface area contributed by atoms with E-state index in [9.17, 15) is 14.7 Å². The predicted octanol–water partition coefficient (Wildman–Crippen LogP) is 3.29. The topological polar surface area (TPSA) is 72.9 Å². The van der Waals surface area contributed by atoms with Gasteiger partial charge in [0.25, 0.3) is 0 Å². The number of nitrogens with one attached hydrogen (secondary N) is 1. The lowest BCUT2D eigenvalue weighted by Gasteiger charge is -2.46. The van der Waals surface area contributed by atoms with Crippen LogP contribution in [0.15, 0.2) is 24.3 Å². The lowest BCUT2D eigenvalue weighted by molar-refractivity contribution is -0.138. The van der Waals surface area contributed by atoms with Crippen molar-refractivity contribution in [2.75, 3.05) is 33.2 Å². The van der Waals surface area contributed by atoms with Crippen LogP contribution in [-0.2, 0) is 15.0 Å². The average Bonchev–Trinajstić information content (AvgIpc) is 2.77. The van der Waals surface area contributed by atoms with Crippen molar-refractivity contribution in [1.82, 2.24) is 15.1 Å². The summed E-state index contributed by atoms with van der Waals surface area (Å²) in [4.78, 5) is 29.1. The molecule has 3 rings (SSSR count). The number of likely N-dealkylation sites (tertiary alicyclic amines) is 1. The van der Waals surface area contributed by atoms with E-state index < -0.39 is 0 Å². The first-order valence-electron chi connectivity index (χ1n) is 11.9. The van der Waals surface area contributed by atoms with Crippen LogP contribution in [0.2, 0.25) is 0 Å². The van der Waals surface area contributed by atoms with E-state index in [0.29, 0.717) is 18.2 Å². The molecule has 6 heteroatoms. The minimum Gasteiger partial charge on any atom is -0.508 e. The number of aromatic hydroxyl groups is 1. The van der Waals surface area contributed by atoms with Crippen LogP contribution >= 0.6 is 0 Å². The molecule has 31 heavy (non-hydrogen) atoms. The number of nitrogens with zero attached hydrogens (tertiary/aromatic N) is 2. The third kappa shape index (κ3) is 5.79. The van der Waals surface area contributed by atoms with Crippen molar-refractivity contribution in [3.05, 3.63) is 29.8 Å². The Balaban J connectivity index is 1.61. The highest BCUT2D eigenvalue weighted by Gasteiger charge is 2.38. The molecule has 1 aliphatic heterocycles. The second-order valence-corrected chi connectivity index (χ2v) is 9.65. The molecule has 2 atom stereocenters. The van der Waals surface area contributed by atoms with E-state index in [4.69, 9.17) is 0 Å². The van der Waals surface area contributed by atoms with Crippen molar-refractivity contribution in [3.8, 4) is 5.75 Å². The zero-order valence-electron chi connectivity index (χ0n) is 19.4. The zero-order chi connectivity index (χ0) is 22.4. The minimum absolute atomic E-state index is 0.0351. The first kappa shape index (κ1) is 23.6. The third-order valence-electron chi connectivity index (χ3n) is 7.66. The predicted molar refractivity (Wildman–Crippen MR) is 123 cm³/mol. The van der Waals surface area contributed by atoms with E-state index >= 15 is 0 Å². The minimum atomic E-state index is -0.209. The summed E-state index contributed by atoms with van der Waals surface area (Å²) < 4.78 is 0. The molecule has 0 unspecified atom stereocenters. The molecule has 2 N–H and O–H groups in total. The Bertz CT molecular complexity index is 762. The number of carbonyl (C=O) groups excluding carboxylic acids is 2. The van der Waals surface area contributed by atoms with Gasteiger partial charge in [-0.1, -0.05) is 45.2 Å². The average molecular weight is 430 g/mol. The Kier molecular flexibility index (Phi) is 7.98. The van der Waals surface area contributed by atoms with Crippen molar-refractivity contribution >= 4 is 11.8 Å². The van der Waals surface area contributed by atoms with Crippen molar-refractivity contribution in [3.63, 3.8) is 0 Å². The maximum atomic E-state index is 12.9. The number of piperidine rings is 1. The summed E-state index contributed by atoms with van der Waals surface area (Å²) in [5, 5.41) is 12.5. The van der Waals surface area contributed by atoms with E-state index in [1.807, 2.05) is 17.0 Å². The Morgan fingerprint density at radius 1 is 1.26 bits per heavy atom. The first-order chi connectivity index (χ1) is 14.8. The molecular formula is C25H39N3O3. The molecule has 1 saturated heterocycles. The molecule has 0 radical (unpaired) electrons. The summed E-state index contributed by atoms with van der Waals surface area (Å²) in [6.45, 7) is 8.05. The monoisotopic (exact) mass is 429 g/mol. The van der Waals surface area contributed by atoms with E-state index in [-0.39, 0.29) is 29.7 Å². The Morgan fingerprint density at radius 2 is 2.00 bits per heavy atom. The lowest BCUT2D eigenvalue weighted by atomic mass is 9.68. The summed E-state index contributed by atoms with van der Waals surface area (Å²) in [6, 6.07) is 7.94. The number of phenolic OH excluding ortho intramolecular Hbond substituents is 1. The normalized spacial score (nSPS) is 25.2. The van der Waals surface area contributed by atoms with Gasteiger partial charge in [-0.25, -0.2) is 0 Å². The summed E-state index contributed by atoms with van der Waals surface area (Å²) in [6.07, 6.45) is 6.63. The van der Waals surface area contributed by atoms with Gasteiger partial charge in [0.1, 0.15) is 12.2 Å². The fourth-order valence-electron chi connectivity index (χ4n) is 5.29. The van der Waals surface area contributed by atoms with Crippen LogP contribution in [0.3, 0.4) is 0 Å². The van der Waals surface area contributed by atoms with Gasteiger partial charge in [-0.2, -0.15) is 0 Å². The molecule has 1 aliphatic carbocycles. The third-order valence-corrected chi connectivity index (χ3v) is 7.66. The molecule has 2 aliphatic rings. The van der Waals surface area contributed by atoms with Gasteiger partial charge in [0.05, 0.1) is 0 Å². The number of amides is 2. The molecule has 0 aromatic heterocycles. The number of hydrogen-bond donors (Lipinski definition) is 2. The highest BCUT2D eigenvalue weighted by atomic mass is 16.3. The molecule has 0 bridgehead atoms. The van der Waals surface area contributed by atoms with E-state index in [2.05, 4.69) is 30.1 Å². The smallest absolute Gasteiger partial charge is 0.232 e. The zero-order valence-corrected chi connectivity index (χ0v) is 19.4. The van der Waals surface area contributed by atoms with Crippen LogP contribution in [0.4, 0.5) is 0 Å². The number of carbonyl (C=O) groups is 2. The molecule has 1 aromatic carbocycles. The molecule has 1 saturated carbocycles. The van der Waals surface area contributed by atoms with Crippen molar-refractivity contribution in [2.24, 2.45) is 5.92 Å². The highest BCUT2D eigenvalue weighted by Crippen LogP contribution is 2.40. The van der Waals surface area contributed by atoms with Gasteiger partial charge in [0.2, 0.25) is 11.8 Å². The SMILES string of the molecule is CNC(=O)CC(=O)N(CCN1CC[C@](C)(c2cccc(O)c2)[C@@H](C)C1)C1CCCCC1. The second kappa shape index (κ2) is 10.5. The van der Waals surface area contributed by atoms with Gasteiger partial charge >= 0.3 is 0 Å². The molecule has 2 fully saturated rings. The van der Waals surface area contributed by atoms with Gasteiger partial charge in [-0.3, -0.25) is 9.59 Å². The Hall–Kier alpha value is -2.08. The fraction of sp³-hybridized carbons (Fsp3) is 0.680. The van der Waals surface area contributed by atoms with Crippen molar-refractivity contribution in [1.29, 1.82) is 0 Å². The van der Waals surface area contributed by atoms with Crippen LogP contribution in [0, 0.1) is 5.92 Å². The van der Waals surface area contributed by atoms with Crippen LogP contribution in [0.1, 0.15) is 64.4 Å². The summed E-state index contributed by atoms with van der Waals surface area (Å²) in [7, 11) is 1.58. The van der Waals surface area contributed by atoms with Gasteiger partial charge in [-0.05, 0) is 54.8 Å². The largest absolute Gasteiger partial charge is 0.508 e. The van der Waals surface area contributed by atoms with Crippen LogP contribution in [0.5, 0.6) is 5.75 Å². The molecule has 2 amide bonds. The molecule has 1 aromatic rings. The van der Waals surface area contributed by atoms with E-state index in [1.54, 1.807) is 13.1 Å². The number of phenols is 1. The number of hydrogen-bond acceptors (Lipinski definition) is 4. The lowest BCUT2D eigenvalue weighted by Crippen LogP contribution is -2.51. The fourth-order valence-corrected chi connectivity index (χ4v) is 5.29. The Labute approximate surface area is 187 Å². The summed E-state index contributed by atoms with van der Waals surface area (Å²) >= 11 is 0. The second-order valence-electron chi connectivity index (χ2n) is 9.65.